The van der Waals surface area contributed by atoms with Crippen LogP contribution in [0.3, 0.4) is 0 Å². The highest BCUT2D eigenvalue weighted by Crippen LogP contribution is 1.92. The maximum Gasteiger partial charge on any atom is 0.0977 e. The molecule has 0 fully saturated rings. The summed E-state index contributed by atoms with van der Waals surface area (Å²) < 4.78 is 0. The zero-order valence-electron chi connectivity index (χ0n) is 6.13. The van der Waals surface area contributed by atoms with E-state index in [1.807, 2.05) is 13.8 Å². The first kappa shape index (κ1) is 8.39. The summed E-state index contributed by atoms with van der Waals surface area (Å²) in [6.45, 7) is 3.93. The standard InChI is InChI=1S/C5H14N4/c1-5(2)9(4-6)8(3)7/h4-6H,7H2,1-3H3. The predicted molar refractivity (Wildman–Crippen MR) is 37.7 cm³/mol. The van der Waals surface area contributed by atoms with Gasteiger partial charge in [0.1, 0.15) is 0 Å². The van der Waals surface area contributed by atoms with Crippen molar-refractivity contribution in [3.63, 3.8) is 0 Å². The minimum absolute atomic E-state index is 0.248. The molecule has 9 heavy (non-hydrogen) atoms. The molecule has 0 rings (SSSR count). The van der Waals surface area contributed by atoms with Crippen molar-refractivity contribution in [3.05, 3.63) is 0 Å². The molecular formula is C5H14N4. The van der Waals surface area contributed by atoms with Gasteiger partial charge in [-0.1, -0.05) is 0 Å². The Hall–Kier alpha value is -0.610. The predicted octanol–water partition coefficient (Wildman–Crippen LogP) is 0.0244. The van der Waals surface area contributed by atoms with Crippen LogP contribution < -0.4 is 5.84 Å². The van der Waals surface area contributed by atoms with Gasteiger partial charge in [-0.3, -0.25) is 16.3 Å². The number of hydrazine groups is 2. The van der Waals surface area contributed by atoms with Crippen molar-refractivity contribution in [1.29, 1.82) is 5.41 Å². The second kappa shape index (κ2) is 3.42. The summed E-state index contributed by atoms with van der Waals surface area (Å²) in [5, 5.41) is 9.90. The first-order valence-corrected chi connectivity index (χ1v) is 2.87. The van der Waals surface area contributed by atoms with Crippen LogP contribution in [-0.2, 0) is 0 Å². The van der Waals surface area contributed by atoms with Gasteiger partial charge in [-0.2, -0.15) is 5.12 Å². The number of hydrogen-bond donors (Lipinski definition) is 2. The Kier molecular flexibility index (Phi) is 3.19. The Bertz CT molecular complexity index is 81.0. The molecule has 54 valence electrons. The van der Waals surface area contributed by atoms with Crippen molar-refractivity contribution in [1.82, 2.24) is 10.1 Å². The highest BCUT2D eigenvalue weighted by atomic mass is 15.7. The molecule has 0 bridgehead atoms. The van der Waals surface area contributed by atoms with E-state index in [4.69, 9.17) is 11.3 Å². The molecule has 0 aliphatic carbocycles. The SMILES string of the molecule is CC(C)N(C=N)N(C)N. The Morgan fingerprint density at radius 2 is 2.00 bits per heavy atom. The molecule has 0 unspecified atom stereocenters. The fourth-order valence-electron chi connectivity index (χ4n) is 0.604. The second-order valence-electron chi connectivity index (χ2n) is 2.18. The molecule has 4 heteroatoms. The second-order valence-corrected chi connectivity index (χ2v) is 2.18. The Labute approximate surface area is 55.7 Å². The van der Waals surface area contributed by atoms with Gasteiger partial charge in [-0.25, -0.2) is 0 Å². The molecule has 0 aromatic rings. The number of nitrogens with two attached hydrogens (primary N) is 1. The van der Waals surface area contributed by atoms with Crippen LogP contribution in [0.15, 0.2) is 0 Å². The summed E-state index contributed by atoms with van der Waals surface area (Å²) in [5.41, 5.74) is 0. The molecule has 0 heterocycles. The smallest absolute Gasteiger partial charge is 0.0977 e. The quantitative estimate of drug-likeness (QED) is 0.245. The lowest BCUT2D eigenvalue weighted by molar-refractivity contribution is 0.0527. The van der Waals surface area contributed by atoms with Gasteiger partial charge in [0.2, 0.25) is 0 Å². The lowest BCUT2D eigenvalue weighted by atomic mass is 10.4. The fraction of sp³-hybridized carbons (Fsp3) is 0.800. The first-order valence-electron chi connectivity index (χ1n) is 2.87. The van der Waals surface area contributed by atoms with Crippen LogP contribution in [-0.4, -0.2) is 29.6 Å². The molecule has 3 N–H and O–H groups in total. The highest BCUT2D eigenvalue weighted by Gasteiger charge is 2.05. The van der Waals surface area contributed by atoms with Crippen LogP contribution in [0.25, 0.3) is 0 Å². The van der Waals surface area contributed by atoms with Gasteiger partial charge in [0.15, 0.2) is 0 Å². The summed E-state index contributed by atoms with van der Waals surface area (Å²) >= 11 is 0. The summed E-state index contributed by atoms with van der Waals surface area (Å²) in [7, 11) is 1.70. The minimum atomic E-state index is 0.248. The van der Waals surface area contributed by atoms with Gasteiger partial charge in [0, 0.05) is 13.1 Å². The van der Waals surface area contributed by atoms with Crippen molar-refractivity contribution < 1.29 is 0 Å². The summed E-state index contributed by atoms with van der Waals surface area (Å²) in [6.07, 6.45) is 1.20. The zero-order chi connectivity index (χ0) is 7.44. The van der Waals surface area contributed by atoms with E-state index in [-0.39, 0.29) is 6.04 Å². The number of nitrogens with one attached hydrogen (secondary N) is 1. The molecule has 0 amide bonds. The number of rotatable bonds is 3. The van der Waals surface area contributed by atoms with Crippen molar-refractivity contribution in [2.24, 2.45) is 5.84 Å². The molecule has 4 nitrogen and oxygen atoms in total. The normalized spacial score (nSPS) is 10.4. The average Bonchev–Trinajstić information content (AvgIpc) is 1.64. The zero-order valence-corrected chi connectivity index (χ0v) is 6.13. The van der Waals surface area contributed by atoms with Crippen LogP contribution in [0.5, 0.6) is 0 Å². The van der Waals surface area contributed by atoms with E-state index in [9.17, 15) is 0 Å². The molecule has 0 aliphatic heterocycles. The molecule has 0 radical (unpaired) electrons. The Morgan fingerprint density at radius 3 is 2.00 bits per heavy atom. The van der Waals surface area contributed by atoms with Crippen molar-refractivity contribution in [2.45, 2.75) is 19.9 Å². The number of hydrogen-bond acceptors (Lipinski definition) is 3. The van der Waals surface area contributed by atoms with E-state index < -0.39 is 0 Å². The summed E-state index contributed by atoms with van der Waals surface area (Å²) in [6, 6.07) is 0.248. The fourth-order valence-corrected chi connectivity index (χ4v) is 0.604. The monoisotopic (exact) mass is 130 g/mol. The highest BCUT2D eigenvalue weighted by molar-refractivity contribution is 5.49. The van der Waals surface area contributed by atoms with Crippen LogP contribution in [0.1, 0.15) is 13.8 Å². The van der Waals surface area contributed by atoms with Gasteiger partial charge in [0.05, 0.1) is 6.34 Å². The Morgan fingerprint density at radius 1 is 1.56 bits per heavy atom. The molecule has 0 aliphatic rings. The maximum atomic E-state index is 6.90. The molecule has 0 saturated carbocycles. The largest absolute Gasteiger partial charge is 0.290 e. The van der Waals surface area contributed by atoms with Crippen LogP contribution in [0.4, 0.5) is 0 Å². The van der Waals surface area contributed by atoms with E-state index in [2.05, 4.69) is 0 Å². The third-order valence-corrected chi connectivity index (χ3v) is 1.03. The van der Waals surface area contributed by atoms with Gasteiger partial charge < -0.3 is 0 Å². The van der Waals surface area contributed by atoms with Gasteiger partial charge in [-0.15, -0.1) is 0 Å². The molecular weight excluding hydrogens is 116 g/mol. The lowest BCUT2D eigenvalue weighted by Crippen LogP contribution is -2.47. The average molecular weight is 130 g/mol. The minimum Gasteiger partial charge on any atom is -0.290 e. The van der Waals surface area contributed by atoms with Crippen LogP contribution in [0, 0.1) is 5.41 Å². The maximum absolute atomic E-state index is 6.90. The van der Waals surface area contributed by atoms with Crippen LogP contribution >= 0.6 is 0 Å². The third-order valence-electron chi connectivity index (χ3n) is 1.03. The molecule has 0 aromatic carbocycles. The topological polar surface area (TPSA) is 56.4 Å². The van der Waals surface area contributed by atoms with E-state index in [1.165, 1.54) is 11.5 Å². The van der Waals surface area contributed by atoms with E-state index >= 15 is 0 Å². The molecule has 0 spiro atoms. The van der Waals surface area contributed by atoms with Crippen molar-refractivity contribution >= 4 is 6.34 Å². The third kappa shape index (κ3) is 2.43. The van der Waals surface area contributed by atoms with E-state index in [0.29, 0.717) is 0 Å². The molecule has 0 saturated heterocycles. The van der Waals surface area contributed by atoms with E-state index in [0.717, 1.165) is 0 Å². The van der Waals surface area contributed by atoms with Gasteiger partial charge in [-0.05, 0) is 13.8 Å². The van der Waals surface area contributed by atoms with Gasteiger partial charge in [0.25, 0.3) is 0 Å². The lowest BCUT2D eigenvalue weighted by Gasteiger charge is -2.28. The summed E-state index contributed by atoms with van der Waals surface area (Å²) in [4.78, 5) is 0. The van der Waals surface area contributed by atoms with E-state index in [1.54, 1.807) is 12.1 Å². The van der Waals surface area contributed by atoms with Gasteiger partial charge >= 0.3 is 0 Å². The molecule has 0 aromatic heterocycles. The summed E-state index contributed by atoms with van der Waals surface area (Å²) in [5.74, 6) is 5.36. The molecule has 0 atom stereocenters. The number of nitrogens with zero attached hydrogens (tertiary/aromatic N) is 2. The Balaban J connectivity index is 3.82. The first-order chi connectivity index (χ1) is 4.09. The van der Waals surface area contributed by atoms with Crippen molar-refractivity contribution in [3.8, 4) is 0 Å². The van der Waals surface area contributed by atoms with Crippen molar-refractivity contribution in [2.75, 3.05) is 7.05 Å². The van der Waals surface area contributed by atoms with Crippen LogP contribution in [0.2, 0.25) is 0 Å².